The van der Waals surface area contributed by atoms with Gasteiger partial charge in [-0.05, 0) is 74.0 Å². The molecule has 5 N–H and O–H groups in total. The molecule has 0 atom stereocenters. The van der Waals surface area contributed by atoms with Crippen molar-refractivity contribution >= 4 is 51.7 Å². The lowest BCUT2D eigenvalue weighted by atomic mass is 10.0. The summed E-state index contributed by atoms with van der Waals surface area (Å²) in [6, 6.07) is 13.3. The molecule has 1 aromatic heterocycles. The van der Waals surface area contributed by atoms with Gasteiger partial charge in [0, 0.05) is 35.2 Å². The number of carbonyl (C=O) groups excluding carboxylic acids is 1. The van der Waals surface area contributed by atoms with Gasteiger partial charge in [-0.15, -0.1) is 11.3 Å². The summed E-state index contributed by atoms with van der Waals surface area (Å²) < 4.78 is 38.7. The summed E-state index contributed by atoms with van der Waals surface area (Å²) in [7, 11) is 0. The first-order valence-electron chi connectivity index (χ1n) is 13.7. The second-order valence-electron chi connectivity index (χ2n) is 10.00. The first-order chi connectivity index (χ1) is 20.4. The minimum Gasteiger partial charge on any atom is -0.396 e. The van der Waals surface area contributed by atoms with Gasteiger partial charge < -0.3 is 16.8 Å². The third-order valence-corrected chi connectivity index (χ3v) is 7.78. The molecule has 0 aliphatic rings. The number of allylic oxidation sites excluding steroid dienone is 1. The van der Waals surface area contributed by atoms with Crippen LogP contribution in [0.4, 0.5) is 18.9 Å². The van der Waals surface area contributed by atoms with Crippen LogP contribution in [-0.4, -0.2) is 30.6 Å². The molecule has 0 radical (unpaired) electrons. The monoisotopic (exact) mass is 648 g/mol. The van der Waals surface area contributed by atoms with E-state index in [1.807, 2.05) is 19.9 Å². The Morgan fingerprint density at radius 1 is 1.02 bits per heavy atom. The van der Waals surface area contributed by atoms with Gasteiger partial charge in [0.15, 0.2) is 5.78 Å². The summed E-state index contributed by atoms with van der Waals surface area (Å²) in [5, 5.41) is 4.12. The zero-order valence-electron chi connectivity index (χ0n) is 23.8. The Labute approximate surface area is 264 Å². The second-order valence-corrected chi connectivity index (χ2v) is 11.9. The highest BCUT2D eigenvalue weighted by Gasteiger charge is 2.29. The number of nitrogens with one attached hydrogen (secondary N) is 1. The molecule has 0 saturated carbocycles. The predicted octanol–water partition coefficient (Wildman–Crippen LogP) is 7.89. The van der Waals surface area contributed by atoms with E-state index in [2.05, 4.69) is 17.2 Å². The molecular formula is C32H33Cl2F3N4OS. The summed E-state index contributed by atoms with van der Waals surface area (Å²) in [6.45, 7) is 4.79. The predicted molar refractivity (Wildman–Crippen MR) is 171 cm³/mol. The van der Waals surface area contributed by atoms with Crippen molar-refractivity contribution in [3.63, 3.8) is 0 Å². The van der Waals surface area contributed by atoms with Crippen LogP contribution < -0.4 is 16.8 Å². The zero-order chi connectivity index (χ0) is 31.6. The molecule has 11 heteroatoms. The SMILES string of the molecule is CC(C)NC/C(C(=Nc1ccc(Cl)cc1Cl)c1ccc(C#Cc2ccc(C(F)(F)F)cc2)s1)=C(/N)C(=O)CCCCCN. The van der Waals surface area contributed by atoms with Crippen LogP contribution in [0.1, 0.15) is 60.4 Å². The third kappa shape index (κ3) is 10.5. The maximum Gasteiger partial charge on any atom is 0.416 e. The fourth-order valence-corrected chi connectivity index (χ4v) is 5.22. The molecule has 3 rings (SSSR count). The number of hydrogen-bond acceptors (Lipinski definition) is 6. The van der Waals surface area contributed by atoms with Gasteiger partial charge in [-0.2, -0.15) is 13.2 Å². The fraction of sp³-hybridized carbons (Fsp3) is 0.312. The van der Waals surface area contributed by atoms with E-state index in [0.29, 0.717) is 55.3 Å². The first-order valence-corrected chi connectivity index (χ1v) is 15.2. The molecule has 3 aromatic rings. The van der Waals surface area contributed by atoms with E-state index < -0.39 is 11.7 Å². The van der Waals surface area contributed by atoms with Crippen molar-refractivity contribution in [3.05, 3.63) is 96.8 Å². The zero-order valence-corrected chi connectivity index (χ0v) is 26.2. The average Bonchev–Trinajstić information content (AvgIpc) is 3.43. The second kappa shape index (κ2) is 16.1. The van der Waals surface area contributed by atoms with E-state index in [1.165, 1.54) is 23.5 Å². The Morgan fingerprint density at radius 2 is 1.74 bits per heavy atom. The molecule has 228 valence electrons. The number of alkyl halides is 3. The van der Waals surface area contributed by atoms with E-state index >= 15 is 0 Å². The third-order valence-electron chi connectivity index (χ3n) is 6.23. The Balaban J connectivity index is 2.07. The Morgan fingerprint density at radius 3 is 2.37 bits per heavy atom. The number of ketones is 1. The van der Waals surface area contributed by atoms with E-state index in [9.17, 15) is 18.0 Å². The van der Waals surface area contributed by atoms with Crippen molar-refractivity contribution in [3.8, 4) is 11.8 Å². The molecule has 0 fully saturated rings. The van der Waals surface area contributed by atoms with Gasteiger partial charge >= 0.3 is 6.18 Å². The average molecular weight is 650 g/mol. The summed E-state index contributed by atoms with van der Waals surface area (Å²) in [5.74, 6) is 5.72. The van der Waals surface area contributed by atoms with Crippen molar-refractivity contribution in [2.45, 2.75) is 51.7 Å². The van der Waals surface area contributed by atoms with Crippen LogP contribution in [0.5, 0.6) is 0 Å². The van der Waals surface area contributed by atoms with Crippen LogP contribution in [0.2, 0.25) is 10.0 Å². The van der Waals surface area contributed by atoms with E-state index in [0.717, 1.165) is 25.0 Å². The number of nitrogens with two attached hydrogens (primary N) is 2. The molecule has 43 heavy (non-hydrogen) atoms. The van der Waals surface area contributed by atoms with Crippen LogP contribution >= 0.6 is 34.5 Å². The van der Waals surface area contributed by atoms with Crippen LogP contribution in [0.25, 0.3) is 0 Å². The number of benzene rings is 2. The lowest BCUT2D eigenvalue weighted by molar-refractivity contribution is -0.137. The Kier molecular flexibility index (Phi) is 12.9. The normalized spacial score (nSPS) is 12.6. The number of thiophene rings is 1. The molecular weight excluding hydrogens is 616 g/mol. The van der Waals surface area contributed by atoms with Gasteiger partial charge in [0.25, 0.3) is 0 Å². The van der Waals surface area contributed by atoms with Crippen molar-refractivity contribution in [2.75, 3.05) is 13.1 Å². The highest BCUT2D eigenvalue weighted by molar-refractivity contribution is 7.14. The topological polar surface area (TPSA) is 93.5 Å². The fourth-order valence-electron chi connectivity index (χ4n) is 3.89. The molecule has 0 bridgehead atoms. The van der Waals surface area contributed by atoms with Crippen molar-refractivity contribution in [2.24, 2.45) is 16.5 Å². The molecule has 0 aliphatic carbocycles. The molecule has 0 aliphatic heterocycles. The highest BCUT2D eigenvalue weighted by atomic mass is 35.5. The van der Waals surface area contributed by atoms with Crippen LogP contribution in [-0.2, 0) is 11.0 Å². The number of halogens is 5. The summed E-state index contributed by atoms with van der Waals surface area (Å²) in [5.41, 5.74) is 13.3. The van der Waals surface area contributed by atoms with Gasteiger partial charge in [-0.25, -0.2) is 4.99 Å². The quantitative estimate of drug-likeness (QED) is 0.0805. The molecule has 0 saturated heterocycles. The number of nitrogens with zero attached hydrogens (tertiary/aromatic N) is 1. The lowest BCUT2D eigenvalue weighted by Gasteiger charge is -2.17. The van der Waals surface area contributed by atoms with Crippen LogP contribution in [0.15, 0.2) is 70.9 Å². The van der Waals surface area contributed by atoms with E-state index in [-0.39, 0.29) is 30.5 Å². The molecule has 0 amide bonds. The highest BCUT2D eigenvalue weighted by Crippen LogP contribution is 2.32. The van der Waals surface area contributed by atoms with Crippen LogP contribution in [0.3, 0.4) is 0 Å². The standard InChI is InChI=1S/C32H33Cl2F3N4OS/c1-20(2)40-19-25(30(39)28(42)6-4-3-5-17-38)31(41-27-15-12-23(33)18-26(27)34)29-16-14-24(43-29)13-9-21-7-10-22(11-8-21)32(35,36)37/h7-8,10-12,14-16,18,20,40H,3-6,17,19,38-39H2,1-2H3/b30-25-,41-31?. The Bertz CT molecular complexity index is 1530. The lowest BCUT2D eigenvalue weighted by Crippen LogP contribution is -2.31. The molecule has 0 spiro atoms. The summed E-state index contributed by atoms with van der Waals surface area (Å²) in [4.78, 5) is 19.4. The summed E-state index contributed by atoms with van der Waals surface area (Å²) in [6.07, 6.45) is -1.82. The number of rotatable bonds is 12. The smallest absolute Gasteiger partial charge is 0.396 e. The van der Waals surface area contributed by atoms with Crippen molar-refractivity contribution in [1.29, 1.82) is 0 Å². The number of carbonyl (C=O) groups is 1. The maximum atomic E-state index is 13.2. The number of aliphatic imine (C=N–C) groups is 1. The number of hydrogen-bond donors (Lipinski definition) is 3. The van der Waals surface area contributed by atoms with Gasteiger partial charge in [-0.3, -0.25) is 4.79 Å². The first kappa shape index (κ1) is 34.4. The van der Waals surface area contributed by atoms with Gasteiger partial charge in [0.1, 0.15) is 0 Å². The minimum atomic E-state index is -4.42. The van der Waals surface area contributed by atoms with E-state index in [4.69, 9.17) is 39.7 Å². The van der Waals surface area contributed by atoms with Gasteiger partial charge in [0.05, 0.1) is 37.4 Å². The number of unbranched alkanes of at least 4 members (excludes halogenated alkanes) is 2. The van der Waals surface area contributed by atoms with Crippen LogP contribution in [0, 0.1) is 11.8 Å². The maximum absolute atomic E-state index is 13.2. The summed E-state index contributed by atoms with van der Waals surface area (Å²) >= 11 is 13.9. The van der Waals surface area contributed by atoms with Gasteiger partial charge in [0.2, 0.25) is 0 Å². The molecule has 0 unspecified atom stereocenters. The largest absolute Gasteiger partial charge is 0.416 e. The van der Waals surface area contributed by atoms with Crippen molar-refractivity contribution < 1.29 is 18.0 Å². The van der Waals surface area contributed by atoms with E-state index in [1.54, 1.807) is 24.3 Å². The molecule has 2 aromatic carbocycles. The Hall–Kier alpha value is -3.13. The molecule has 1 heterocycles. The van der Waals surface area contributed by atoms with Gasteiger partial charge in [-0.1, -0.05) is 55.3 Å². The number of Topliss-reactive ketones (excluding diaryl/α,β-unsaturated/α-hetero) is 1. The molecule has 5 nitrogen and oxygen atoms in total. The minimum absolute atomic E-state index is 0.0938. The van der Waals surface area contributed by atoms with Crippen molar-refractivity contribution in [1.82, 2.24) is 5.32 Å².